The summed E-state index contributed by atoms with van der Waals surface area (Å²) < 4.78 is 1.24. The van der Waals surface area contributed by atoms with Crippen molar-refractivity contribution in [3.8, 4) is 0 Å². The first-order valence-electron chi connectivity index (χ1n) is 7.31. The number of nitrogens with one attached hydrogen (secondary N) is 1. The molecule has 0 saturated heterocycles. The van der Waals surface area contributed by atoms with Crippen molar-refractivity contribution in [1.82, 2.24) is 9.97 Å². The van der Waals surface area contributed by atoms with Crippen LogP contribution in [0.3, 0.4) is 0 Å². The highest BCUT2D eigenvalue weighted by atomic mass is 79.9. The molecule has 2 nitrogen and oxygen atoms in total. The van der Waals surface area contributed by atoms with Gasteiger partial charge in [-0.3, -0.25) is 0 Å². The zero-order valence-corrected chi connectivity index (χ0v) is 15.7. The van der Waals surface area contributed by atoms with Gasteiger partial charge in [0.1, 0.15) is 0 Å². The number of hydrogen-bond donors (Lipinski definition) is 1. The minimum Gasteiger partial charge on any atom is -0.333 e. The van der Waals surface area contributed by atoms with E-state index < -0.39 is 0 Å². The second-order valence-electron chi connectivity index (χ2n) is 5.64. The Labute approximate surface area is 143 Å². The summed E-state index contributed by atoms with van der Waals surface area (Å²) in [6.45, 7) is 8.78. The van der Waals surface area contributed by atoms with E-state index >= 15 is 0 Å². The number of aromatic nitrogens is 2. The number of hydrogen-bond acceptors (Lipinski definition) is 2. The molecule has 3 aromatic rings. The van der Waals surface area contributed by atoms with Gasteiger partial charge in [-0.25, -0.2) is 4.98 Å². The molecule has 4 heteroatoms. The molecule has 0 unspecified atom stereocenters. The van der Waals surface area contributed by atoms with Crippen LogP contribution in [0.15, 0.2) is 33.9 Å². The average Bonchev–Trinajstić information content (AvgIpc) is 2.94. The Morgan fingerprint density at radius 3 is 2.27 bits per heavy atom. The fourth-order valence-corrected chi connectivity index (χ4v) is 4.35. The van der Waals surface area contributed by atoms with Crippen molar-refractivity contribution in [2.75, 3.05) is 0 Å². The Morgan fingerprint density at radius 2 is 1.64 bits per heavy atom. The number of para-hydroxylation sites is 2. The van der Waals surface area contributed by atoms with E-state index in [1.165, 1.54) is 32.3 Å². The molecule has 0 spiro atoms. The number of nitrogens with zero attached hydrogens (tertiary/aromatic N) is 1. The molecule has 0 aliphatic carbocycles. The number of fused-ring (bicyclic) bond motifs is 1. The average molecular weight is 375 g/mol. The highest BCUT2D eigenvalue weighted by Crippen LogP contribution is 2.34. The van der Waals surface area contributed by atoms with Crippen molar-refractivity contribution in [3.63, 3.8) is 0 Å². The molecule has 0 aliphatic rings. The molecule has 114 valence electrons. The summed E-state index contributed by atoms with van der Waals surface area (Å²) in [5, 5.41) is 0.984. The summed E-state index contributed by atoms with van der Waals surface area (Å²) in [4.78, 5) is 8.04. The van der Waals surface area contributed by atoms with Crippen LogP contribution in [-0.2, 0) is 5.75 Å². The van der Waals surface area contributed by atoms with E-state index in [1.54, 1.807) is 11.8 Å². The van der Waals surface area contributed by atoms with E-state index in [4.69, 9.17) is 0 Å². The molecule has 1 aromatic heterocycles. The second-order valence-corrected chi connectivity index (χ2v) is 7.40. The lowest BCUT2D eigenvalue weighted by Crippen LogP contribution is -2.00. The summed E-state index contributed by atoms with van der Waals surface area (Å²) in [5.41, 5.74) is 8.97. The van der Waals surface area contributed by atoms with E-state index in [0.717, 1.165) is 21.9 Å². The van der Waals surface area contributed by atoms with Crippen molar-refractivity contribution in [2.24, 2.45) is 0 Å². The third-order valence-corrected chi connectivity index (χ3v) is 6.50. The summed E-state index contributed by atoms with van der Waals surface area (Å²) in [5.74, 6) is 0.937. The molecule has 22 heavy (non-hydrogen) atoms. The number of benzene rings is 2. The van der Waals surface area contributed by atoms with E-state index in [9.17, 15) is 0 Å². The second kappa shape index (κ2) is 6.09. The predicted molar refractivity (Wildman–Crippen MR) is 98.7 cm³/mol. The van der Waals surface area contributed by atoms with Crippen LogP contribution in [0, 0.1) is 27.7 Å². The van der Waals surface area contributed by atoms with Crippen molar-refractivity contribution in [3.05, 3.63) is 56.6 Å². The molecule has 1 heterocycles. The Kier molecular flexibility index (Phi) is 4.33. The smallest absolute Gasteiger partial charge is 0.166 e. The Hall–Kier alpha value is -1.26. The molecule has 1 N–H and O–H groups in total. The van der Waals surface area contributed by atoms with Crippen molar-refractivity contribution >= 4 is 38.7 Å². The van der Waals surface area contributed by atoms with Crippen LogP contribution in [0.5, 0.6) is 0 Å². The fraction of sp³-hybridized carbons (Fsp3) is 0.278. The standard InChI is InChI=1S/C18H19BrN2S/c1-10-12(3)17(19)13(4)11(2)14(10)9-22-18-20-15-7-5-6-8-16(15)21-18/h5-8H,9H2,1-4H3,(H,20,21). The van der Waals surface area contributed by atoms with Crippen molar-refractivity contribution < 1.29 is 0 Å². The van der Waals surface area contributed by atoms with Gasteiger partial charge in [0.25, 0.3) is 0 Å². The third-order valence-electron chi connectivity index (χ3n) is 4.41. The monoisotopic (exact) mass is 374 g/mol. The number of rotatable bonds is 3. The van der Waals surface area contributed by atoms with Gasteiger partial charge in [0.05, 0.1) is 11.0 Å². The minimum atomic E-state index is 0.937. The zero-order chi connectivity index (χ0) is 15.9. The van der Waals surface area contributed by atoms with Gasteiger partial charge in [0, 0.05) is 10.2 Å². The van der Waals surface area contributed by atoms with Gasteiger partial charge in [-0.2, -0.15) is 0 Å². The van der Waals surface area contributed by atoms with Gasteiger partial charge in [0.2, 0.25) is 0 Å². The van der Waals surface area contributed by atoms with E-state index in [0.29, 0.717) is 0 Å². The number of imidazole rings is 1. The van der Waals surface area contributed by atoms with Crippen LogP contribution in [-0.4, -0.2) is 9.97 Å². The lowest BCUT2D eigenvalue weighted by atomic mass is 9.95. The largest absolute Gasteiger partial charge is 0.333 e. The maximum Gasteiger partial charge on any atom is 0.166 e. The topological polar surface area (TPSA) is 28.7 Å². The van der Waals surface area contributed by atoms with Gasteiger partial charge >= 0.3 is 0 Å². The van der Waals surface area contributed by atoms with Crippen LogP contribution >= 0.6 is 27.7 Å². The molecular formula is C18H19BrN2S. The first kappa shape index (κ1) is 15.6. The molecule has 2 aromatic carbocycles. The minimum absolute atomic E-state index is 0.937. The van der Waals surface area contributed by atoms with Gasteiger partial charge in [-0.1, -0.05) is 39.8 Å². The van der Waals surface area contributed by atoms with Crippen LogP contribution in [0.2, 0.25) is 0 Å². The zero-order valence-electron chi connectivity index (χ0n) is 13.2. The van der Waals surface area contributed by atoms with Crippen LogP contribution < -0.4 is 0 Å². The molecule has 0 bridgehead atoms. The lowest BCUT2D eigenvalue weighted by Gasteiger charge is -2.17. The maximum absolute atomic E-state index is 4.65. The van der Waals surface area contributed by atoms with Crippen LogP contribution in [0.1, 0.15) is 27.8 Å². The molecule has 0 aliphatic heterocycles. The highest BCUT2D eigenvalue weighted by molar-refractivity contribution is 9.10. The van der Waals surface area contributed by atoms with E-state index in [2.05, 4.69) is 59.7 Å². The number of aromatic amines is 1. The van der Waals surface area contributed by atoms with E-state index in [-0.39, 0.29) is 0 Å². The van der Waals surface area contributed by atoms with E-state index in [1.807, 2.05) is 18.2 Å². The van der Waals surface area contributed by atoms with Gasteiger partial charge in [-0.15, -0.1) is 0 Å². The van der Waals surface area contributed by atoms with Crippen molar-refractivity contribution in [2.45, 2.75) is 38.6 Å². The number of halogens is 1. The van der Waals surface area contributed by atoms with Crippen molar-refractivity contribution in [1.29, 1.82) is 0 Å². The summed E-state index contributed by atoms with van der Waals surface area (Å²) in [7, 11) is 0. The lowest BCUT2D eigenvalue weighted by molar-refractivity contribution is 1.07. The molecule has 0 radical (unpaired) electrons. The molecule has 3 rings (SSSR count). The van der Waals surface area contributed by atoms with Gasteiger partial charge in [0.15, 0.2) is 5.16 Å². The fourth-order valence-electron chi connectivity index (χ4n) is 2.70. The molecular weight excluding hydrogens is 356 g/mol. The number of H-pyrrole nitrogens is 1. The maximum atomic E-state index is 4.65. The Balaban J connectivity index is 1.90. The molecule has 0 amide bonds. The Morgan fingerprint density at radius 1 is 1.00 bits per heavy atom. The normalized spacial score (nSPS) is 11.3. The summed E-state index contributed by atoms with van der Waals surface area (Å²) in [6, 6.07) is 8.16. The quantitative estimate of drug-likeness (QED) is 0.582. The SMILES string of the molecule is Cc1c(C)c(CSc2nc3ccccc3[nH]2)c(C)c(C)c1Br. The predicted octanol–water partition coefficient (Wildman–Crippen LogP) is 5.85. The van der Waals surface area contributed by atoms with Gasteiger partial charge in [-0.05, 0) is 67.6 Å². The molecule has 0 fully saturated rings. The summed E-state index contributed by atoms with van der Waals surface area (Å²) in [6.07, 6.45) is 0. The molecule has 0 atom stereocenters. The van der Waals surface area contributed by atoms with Crippen LogP contribution in [0.4, 0.5) is 0 Å². The van der Waals surface area contributed by atoms with Gasteiger partial charge < -0.3 is 4.98 Å². The summed E-state index contributed by atoms with van der Waals surface area (Å²) >= 11 is 5.48. The highest BCUT2D eigenvalue weighted by Gasteiger charge is 2.14. The Bertz CT molecular complexity index is 790. The first-order chi connectivity index (χ1) is 10.5. The first-order valence-corrected chi connectivity index (χ1v) is 9.09. The van der Waals surface area contributed by atoms with Crippen LogP contribution in [0.25, 0.3) is 11.0 Å². The molecule has 0 saturated carbocycles. The third kappa shape index (κ3) is 2.70. The number of thioether (sulfide) groups is 1.